The number of rotatable bonds is 20. The van der Waals surface area contributed by atoms with Crippen molar-refractivity contribution in [3.8, 4) is 22.9 Å². The highest BCUT2D eigenvalue weighted by molar-refractivity contribution is 5.56. The Morgan fingerprint density at radius 3 is 2.14 bits per heavy atom. The van der Waals surface area contributed by atoms with Crippen LogP contribution >= 0.6 is 0 Å². The smallest absolute Gasteiger partial charge is 0.159 e. The molecule has 5 heteroatoms. The summed E-state index contributed by atoms with van der Waals surface area (Å²) < 4.78 is 25.4. The standard InChI is InChI=1S/C32H49FN2O2/c1-2-3-4-11-18-29(33)26-37-30-21-19-28(20-22-30)32-34-24-31(25-35-32)36-23-14-9-7-5-6-8-10-15-27-16-12-13-17-27/h19-22,24-25,27,29H,2-18,23,26H2,1H3/t29-/m1/s1. The lowest BCUT2D eigenvalue weighted by Crippen LogP contribution is -2.12. The Bertz CT molecular complexity index is 822. The van der Waals surface area contributed by atoms with Crippen LogP contribution in [-0.2, 0) is 0 Å². The van der Waals surface area contributed by atoms with Crippen molar-refractivity contribution in [2.75, 3.05) is 13.2 Å². The van der Waals surface area contributed by atoms with Crippen molar-refractivity contribution in [3.63, 3.8) is 0 Å². The van der Waals surface area contributed by atoms with Crippen molar-refractivity contribution in [2.45, 2.75) is 122 Å². The number of alkyl halides is 1. The molecule has 1 fully saturated rings. The fourth-order valence-electron chi connectivity index (χ4n) is 5.21. The molecule has 1 saturated carbocycles. The Morgan fingerprint density at radius 1 is 0.784 bits per heavy atom. The van der Waals surface area contributed by atoms with Crippen LogP contribution in [0.2, 0.25) is 0 Å². The Kier molecular flexibility index (Phi) is 14.4. The van der Waals surface area contributed by atoms with Crippen molar-refractivity contribution in [1.29, 1.82) is 0 Å². The second-order valence-electron chi connectivity index (χ2n) is 10.8. The number of hydrogen-bond acceptors (Lipinski definition) is 4. The molecule has 0 radical (unpaired) electrons. The monoisotopic (exact) mass is 512 g/mol. The van der Waals surface area contributed by atoms with Gasteiger partial charge >= 0.3 is 0 Å². The molecule has 1 aliphatic carbocycles. The van der Waals surface area contributed by atoms with Crippen molar-refractivity contribution in [3.05, 3.63) is 36.7 Å². The Labute approximate surface area is 224 Å². The Morgan fingerprint density at radius 2 is 1.43 bits per heavy atom. The third-order valence-corrected chi connectivity index (χ3v) is 7.54. The van der Waals surface area contributed by atoms with Gasteiger partial charge in [-0.2, -0.15) is 0 Å². The minimum absolute atomic E-state index is 0.106. The third kappa shape index (κ3) is 12.3. The maximum Gasteiger partial charge on any atom is 0.159 e. The molecule has 0 spiro atoms. The van der Waals surface area contributed by atoms with Crippen LogP contribution < -0.4 is 9.47 Å². The largest absolute Gasteiger partial charge is 0.491 e. The Balaban J connectivity index is 1.23. The molecule has 1 aromatic heterocycles. The highest BCUT2D eigenvalue weighted by atomic mass is 19.1. The molecule has 0 unspecified atom stereocenters. The predicted molar refractivity (Wildman–Crippen MR) is 151 cm³/mol. The van der Waals surface area contributed by atoms with Gasteiger partial charge in [0, 0.05) is 5.56 Å². The zero-order valence-electron chi connectivity index (χ0n) is 23.1. The van der Waals surface area contributed by atoms with Gasteiger partial charge in [-0.1, -0.05) is 103 Å². The van der Waals surface area contributed by atoms with E-state index in [9.17, 15) is 4.39 Å². The highest BCUT2D eigenvalue weighted by Gasteiger charge is 2.13. The quantitative estimate of drug-likeness (QED) is 0.166. The molecule has 0 aliphatic heterocycles. The van der Waals surface area contributed by atoms with E-state index in [4.69, 9.17) is 9.47 Å². The molecule has 1 aromatic carbocycles. The summed E-state index contributed by atoms with van der Waals surface area (Å²) >= 11 is 0. The average Bonchev–Trinajstić information content (AvgIpc) is 3.45. The molecular weight excluding hydrogens is 463 g/mol. The van der Waals surface area contributed by atoms with Crippen LogP contribution in [0.1, 0.15) is 116 Å². The average molecular weight is 513 g/mol. The first-order valence-corrected chi connectivity index (χ1v) is 15.1. The van der Waals surface area contributed by atoms with Crippen LogP contribution in [0.15, 0.2) is 36.7 Å². The SMILES string of the molecule is CCCCCC[C@@H](F)COc1ccc(-c2ncc(OCCCCCCCCCC3CCCC3)cn2)cc1. The van der Waals surface area contributed by atoms with Crippen LogP contribution in [0, 0.1) is 5.92 Å². The van der Waals surface area contributed by atoms with Gasteiger partial charge in [-0.3, -0.25) is 0 Å². The summed E-state index contributed by atoms with van der Waals surface area (Å²) in [7, 11) is 0. The lowest BCUT2D eigenvalue weighted by molar-refractivity contribution is 0.184. The van der Waals surface area contributed by atoms with Crippen LogP contribution in [0.4, 0.5) is 4.39 Å². The van der Waals surface area contributed by atoms with Crippen LogP contribution in [0.3, 0.4) is 0 Å². The minimum Gasteiger partial charge on any atom is -0.491 e. The fourth-order valence-corrected chi connectivity index (χ4v) is 5.21. The highest BCUT2D eigenvalue weighted by Crippen LogP contribution is 2.29. The number of nitrogens with zero attached hydrogens (tertiary/aromatic N) is 2. The zero-order valence-corrected chi connectivity index (χ0v) is 23.1. The van der Waals surface area contributed by atoms with Gasteiger partial charge in [0.05, 0.1) is 19.0 Å². The number of ether oxygens (including phenoxy) is 2. The lowest BCUT2D eigenvalue weighted by atomic mass is 9.99. The summed E-state index contributed by atoms with van der Waals surface area (Å²) in [6.07, 6.45) is 24.0. The number of aromatic nitrogens is 2. The lowest BCUT2D eigenvalue weighted by Gasteiger charge is -2.11. The van der Waals surface area contributed by atoms with Crippen molar-refractivity contribution < 1.29 is 13.9 Å². The molecule has 1 atom stereocenters. The maximum atomic E-state index is 14.0. The zero-order chi connectivity index (χ0) is 26.0. The molecule has 0 bridgehead atoms. The molecule has 3 rings (SSSR count). The summed E-state index contributed by atoms with van der Waals surface area (Å²) in [6.45, 7) is 2.98. The molecule has 37 heavy (non-hydrogen) atoms. The van der Waals surface area contributed by atoms with Gasteiger partial charge in [0.25, 0.3) is 0 Å². The number of unbranched alkanes of at least 4 members (excludes halogenated alkanes) is 9. The van der Waals surface area contributed by atoms with Crippen molar-refractivity contribution in [2.24, 2.45) is 5.92 Å². The van der Waals surface area contributed by atoms with Crippen LogP contribution in [0.25, 0.3) is 11.4 Å². The number of benzene rings is 1. The van der Waals surface area contributed by atoms with Gasteiger partial charge in [-0.25, -0.2) is 14.4 Å². The topological polar surface area (TPSA) is 44.2 Å². The first kappa shape index (κ1) is 29.4. The van der Waals surface area contributed by atoms with E-state index in [2.05, 4.69) is 16.9 Å². The summed E-state index contributed by atoms with van der Waals surface area (Å²) in [5.74, 6) is 3.07. The van der Waals surface area contributed by atoms with E-state index in [1.807, 2.05) is 24.3 Å². The summed E-state index contributed by atoms with van der Waals surface area (Å²) in [6, 6.07) is 7.52. The van der Waals surface area contributed by atoms with E-state index in [0.717, 1.165) is 30.7 Å². The second-order valence-corrected chi connectivity index (χ2v) is 10.8. The summed E-state index contributed by atoms with van der Waals surface area (Å²) in [5.41, 5.74) is 0.901. The molecule has 1 aliphatic rings. The predicted octanol–water partition coefficient (Wildman–Crippen LogP) is 9.52. The molecule has 0 saturated heterocycles. The summed E-state index contributed by atoms with van der Waals surface area (Å²) in [4.78, 5) is 8.90. The Hall–Kier alpha value is -2.17. The molecular formula is C32H49FN2O2. The molecule has 0 N–H and O–H groups in total. The number of halogens is 1. The number of hydrogen-bond donors (Lipinski definition) is 0. The van der Waals surface area contributed by atoms with Gasteiger partial charge in [0.15, 0.2) is 11.6 Å². The normalized spacial score (nSPS) is 14.6. The molecule has 1 heterocycles. The first-order valence-electron chi connectivity index (χ1n) is 15.1. The van der Waals surface area contributed by atoms with Gasteiger partial charge in [-0.05, 0) is 43.0 Å². The third-order valence-electron chi connectivity index (χ3n) is 7.54. The minimum atomic E-state index is -0.914. The van der Waals surface area contributed by atoms with Gasteiger partial charge in [-0.15, -0.1) is 0 Å². The van der Waals surface area contributed by atoms with E-state index in [0.29, 0.717) is 30.4 Å². The summed E-state index contributed by atoms with van der Waals surface area (Å²) in [5, 5.41) is 0. The van der Waals surface area contributed by atoms with E-state index < -0.39 is 6.17 Å². The molecule has 4 nitrogen and oxygen atoms in total. The van der Waals surface area contributed by atoms with E-state index >= 15 is 0 Å². The van der Waals surface area contributed by atoms with Crippen LogP contribution in [0.5, 0.6) is 11.5 Å². The van der Waals surface area contributed by atoms with Crippen LogP contribution in [-0.4, -0.2) is 29.4 Å². The van der Waals surface area contributed by atoms with Crippen molar-refractivity contribution >= 4 is 0 Å². The first-order chi connectivity index (χ1) is 18.2. The van der Waals surface area contributed by atoms with Gasteiger partial charge < -0.3 is 9.47 Å². The maximum absolute atomic E-state index is 14.0. The van der Waals surface area contributed by atoms with Crippen molar-refractivity contribution in [1.82, 2.24) is 9.97 Å². The second kappa shape index (κ2) is 18.1. The van der Waals surface area contributed by atoms with E-state index in [-0.39, 0.29) is 6.61 Å². The molecule has 0 amide bonds. The fraction of sp³-hybridized carbons (Fsp3) is 0.688. The molecule has 206 valence electrons. The molecule has 2 aromatic rings. The van der Waals surface area contributed by atoms with E-state index in [1.54, 1.807) is 12.4 Å². The van der Waals surface area contributed by atoms with Gasteiger partial charge in [0.1, 0.15) is 18.5 Å². The van der Waals surface area contributed by atoms with Gasteiger partial charge in [0.2, 0.25) is 0 Å². The van der Waals surface area contributed by atoms with E-state index in [1.165, 1.54) is 83.5 Å².